The zero-order valence-corrected chi connectivity index (χ0v) is 13.3. The SMILES string of the molecule is C[C@@H](Nc1cc(Cl)ccc1N1CCCCC1)C(=O)NC(N)=O. The molecule has 0 spiro atoms. The number of anilines is 2. The van der Waals surface area contributed by atoms with Crippen molar-refractivity contribution in [2.75, 3.05) is 23.3 Å². The first kappa shape index (κ1) is 16.4. The minimum absolute atomic E-state index is 0.475. The summed E-state index contributed by atoms with van der Waals surface area (Å²) in [6.07, 6.45) is 3.55. The predicted octanol–water partition coefficient (Wildman–Crippen LogP) is 2.33. The van der Waals surface area contributed by atoms with Gasteiger partial charge in [-0.1, -0.05) is 11.6 Å². The molecule has 1 aliphatic heterocycles. The number of carbonyl (C=O) groups is 2. The zero-order valence-electron chi connectivity index (χ0n) is 12.6. The topological polar surface area (TPSA) is 87.5 Å². The highest BCUT2D eigenvalue weighted by Crippen LogP contribution is 2.31. The van der Waals surface area contributed by atoms with E-state index in [1.807, 2.05) is 12.1 Å². The van der Waals surface area contributed by atoms with E-state index < -0.39 is 18.0 Å². The predicted molar refractivity (Wildman–Crippen MR) is 88.3 cm³/mol. The van der Waals surface area contributed by atoms with Crippen LogP contribution in [0.15, 0.2) is 18.2 Å². The van der Waals surface area contributed by atoms with Crippen LogP contribution in [-0.4, -0.2) is 31.1 Å². The number of imide groups is 1. The summed E-state index contributed by atoms with van der Waals surface area (Å²) < 4.78 is 0. The van der Waals surface area contributed by atoms with E-state index in [4.69, 9.17) is 17.3 Å². The van der Waals surface area contributed by atoms with Crippen molar-refractivity contribution in [2.45, 2.75) is 32.2 Å². The number of halogens is 1. The maximum absolute atomic E-state index is 11.8. The van der Waals surface area contributed by atoms with Crippen LogP contribution in [0, 0.1) is 0 Å². The van der Waals surface area contributed by atoms with Crippen LogP contribution in [0.4, 0.5) is 16.2 Å². The molecule has 0 saturated carbocycles. The summed E-state index contributed by atoms with van der Waals surface area (Å²) >= 11 is 6.07. The van der Waals surface area contributed by atoms with E-state index >= 15 is 0 Å². The van der Waals surface area contributed by atoms with Gasteiger partial charge in [0.1, 0.15) is 6.04 Å². The second kappa shape index (κ2) is 7.35. The Hall–Kier alpha value is -1.95. The van der Waals surface area contributed by atoms with Crippen LogP contribution in [0.5, 0.6) is 0 Å². The summed E-state index contributed by atoms with van der Waals surface area (Å²) in [5.74, 6) is -0.475. The van der Waals surface area contributed by atoms with E-state index in [-0.39, 0.29) is 0 Å². The molecule has 1 saturated heterocycles. The third kappa shape index (κ3) is 4.27. The first-order chi connectivity index (χ1) is 10.5. The van der Waals surface area contributed by atoms with Gasteiger partial charge in [0.05, 0.1) is 11.4 Å². The smallest absolute Gasteiger partial charge is 0.318 e. The Kier molecular flexibility index (Phi) is 5.49. The molecular weight excluding hydrogens is 304 g/mol. The maximum atomic E-state index is 11.8. The minimum Gasteiger partial charge on any atom is -0.372 e. The first-order valence-electron chi connectivity index (χ1n) is 7.38. The molecule has 3 amide bonds. The highest BCUT2D eigenvalue weighted by molar-refractivity contribution is 6.31. The molecule has 22 heavy (non-hydrogen) atoms. The molecule has 7 heteroatoms. The van der Waals surface area contributed by atoms with Gasteiger partial charge >= 0.3 is 6.03 Å². The van der Waals surface area contributed by atoms with Crippen molar-refractivity contribution in [3.63, 3.8) is 0 Å². The van der Waals surface area contributed by atoms with Crippen molar-refractivity contribution in [1.82, 2.24) is 5.32 Å². The van der Waals surface area contributed by atoms with Gasteiger partial charge in [-0.2, -0.15) is 0 Å². The van der Waals surface area contributed by atoms with Crippen molar-refractivity contribution in [1.29, 1.82) is 0 Å². The first-order valence-corrected chi connectivity index (χ1v) is 7.76. The fourth-order valence-corrected chi connectivity index (χ4v) is 2.74. The van der Waals surface area contributed by atoms with E-state index in [1.165, 1.54) is 6.42 Å². The van der Waals surface area contributed by atoms with Gasteiger partial charge in [0.25, 0.3) is 0 Å². The van der Waals surface area contributed by atoms with E-state index in [1.54, 1.807) is 13.0 Å². The summed E-state index contributed by atoms with van der Waals surface area (Å²) in [4.78, 5) is 24.9. The third-order valence-electron chi connectivity index (χ3n) is 3.67. The highest BCUT2D eigenvalue weighted by Gasteiger charge is 2.19. The molecule has 0 bridgehead atoms. The molecule has 2 rings (SSSR count). The molecule has 0 aromatic heterocycles. The van der Waals surface area contributed by atoms with Gasteiger partial charge in [-0.3, -0.25) is 10.1 Å². The molecule has 1 aliphatic rings. The number of benzene rings is 1. The average molecular weight is 325 g/mol. The van der Waals surface area contributed by atoms with Gasteiger partial charge < -0.3 is 16.0 Å². The quantitative estimate of drug-likeness (QED) is 0.793. The normalized spacial score (nSPS) is 16.0. The van der Waals surface area contributed by atoms with Crippen LogP contribution in [0.25, 0.3) is 0 Å². The van der Waals surface area contributed by atoms with E-state index in [0.717, 1.165) is 37.3 Å². The average Bonchev–Trinajstić information content (AvgIpc) is 2.47. The Morgan fingerprint density at radius 3 is 2.59 bits per heavy atom. The van der Waals surface area contributed by atoms with Gasteiger partial charge in [0.2, 0.25) is 5.91 Å². The maximum Gasteiger partial charge on any atom is 0.318 e. The second-order valence-electron chi connectivity index (χ2n) is 5.43. The molecule has 1 heterocycles. The van der Waals surface area contributed by atoms with Crippen LogP contribution in [-0.2, 0) is 4.79 Å². The Labute approximate surface area is 135 Å². The molecule has 0 radical (unpaired) electrons. The molecule has 6 nitrogen and oxygen atoms in total. The number of piperidine rings is 1. The van der Waals surface area contributed by atoms with Crippen molar-refractivity contribution >= 4 is 34.9 Å². The van der Waals surface area contributed by atoms with Crippen LogP contribution >= 0.6 is 11.6 Å². The number of hydrogen-bond donors (Lipinski definition) is 3. The third-order valence-corrected chi connectivity index (χ3v) is 3.90. The molecule has 1 aromatic rings. The molecule has 0 unspecified atom stereocenters. The van der Waals surface area contributed by atoms with Crippen molar-refractivity contribution < 1.29 is 9.59 Å². The molecule has 0 aliphatic carbocycles. The Morgan fingerprint density at radius 2 is 1.95 bits per heavy atom. The van der Waals surface area contributed by atoms with Crippen molar-refractivity contribution in [3.05, 3.63) is 23.2 Å². The van der Waals surface area contributed by atoms with Crippen LogP contribution in [0.2, 0.25) is 5.02 Å². The molecule has 120 valence electrons. The Bertz CT molecular complexity index is 558. The van der Waals surface area contributed by atoms with Crippen molar-refractivity contribution in [3.8, 4) is 0 Å². The lowest BCUT2D eigenvalue weighted by atomic mass is 10.1. The minimum atomic E-state index is -0.860. The lowest BCUT2D eigenvalue weighted by molar-refractivity contribution is -0.120. The fourth-order valence-electron chi connectivity index (χ4n) is 2.56. The van der Waals surface area contributed by atoms with Crippen LogP contribution < -0.4 is 21.3 Å². The van der Waals surface area contributed by atoms with Gasteiger partial charge in [-0.05, 0) is 44.4 Å². The number of primary amides is 1. The van der Waals surface area contributed by atoms with E-state index in [9.17, 15) is 9.59 Å². The number of hydrogen-bond acceptors (Lipinski definition) is 4. The Morgan fingerprint density at radius 1 is 1.27 bits per heavy atom. The standard InChI is InChI=1S/C15H21ClN4O2/c1-10(14(21)19-15(17)22)18-12-9-11(16)5-6-13(12)20-7-3-2-4-8-20/h5-6,9-10,18H,2-4,7-8H2,1H3,(H3,17,19,21,22)/t10-/m1/s1. The fraction of sp³-hybridized carbons (Fsp3) is 0.467. The zero-order chi connectivity index (χ0) is 16.1. The van der Waals surface area contributed by atoms with Crippen LogP contribution in [0.1, 0.15) is 26.2 Å². The van der Waals surface area contributed by atoms with E-state index in [0.29, 0.717) is 5.02 Å². The lowest BCUT2D eigenvalue weighted by Crippen LogP contribution is -2.43. The van der Waals surface area contributed by atoms with Gasteiger partial charge in [0, 0.05) is 18.1 Å². The van der Waals surface area contributed by atoms with Gasteiger partial charge in [-0.25, -0.2) is 4.79 Å². The summed E-state index contributed by atoms with van der Waals surface area (Å²) in [6.45, 7) is 3.63. The Balaban J connectivity index is 2.16. The number of carbonyl (C=O) groups excluding carboxylic acids is 2. The monoisotopic (exact) mass is 324 g/mol. The van der Waals surface area contributed by atoms with Gasteiger partial charge in [0.15, 0.2) is 0 Å². The summed E-state index contributed by atoms with van der Waals surface area (Å²) in [5.41, 5.74) is 6.76. The molecular formula is C15H21ClN4O2. The summed E-state index contributed by atoms with van der Waals surface area (Å²) in [7, 11) is 0. The molecule has 4 N–H and O–H groups in total. The molecule has 1 aromatic carbocycles. The largest absolute Gasteiger partial charge is 0.372 e. The highest BCUT2D eigenvalue weighted by atomic mass is 35.5. The number of nitrogens with zero attached hydrogens (tertiary/aromatic N) is 1. The number of rotatable bonds is 4. The second-order valence-corrected chi connectivity index (χ2v) is 5.87. The summed E-state index contributed by atoms with van der Waals surface area (Å²) in [5, 5.41) is 5.76. The summed E-state index contributed by atoms with van der Waals surface area (Å²) in [6, 6.07) is 4.12. The number of urea groups is 1. The number of nitrogens with two attached hydrogens (primary N) is 1. The van der Waals surface area contributed by atoms with E-state index in [2.05, 4.69) is 15.5 Å². The molecule has 1 atom stereocenters. The number of amides is 3. The molecule has 1 fully saturated rings. The van der Waals surface area contributed by atoms with Crippen molar-refractivity contribution in [2.24, 2.45) is 5.73 Å². The van der Waals surface area contributed by atoms with Gasteiger partial charge in [-0.15, -0.1) is 0 Å². The van der Waals surface area contributed by atoms with Crippen LogP contribution in [0.3, 0.4) is 0 Å². The lowest BCUT2D eigenvalue weighted by Gasteiger charge is -2.31. The number of nitrogens with one attached hydrogen (secondary N) is 2.